The lowest BCUT2D eigenvalue weighted by molar-refractivity contribution is -0.118. The van der Waals surface area contributed by atoms with E-state index >= 15 is 0 Å². The van der Waals surface area contributed by atoms with E-state index in [2.05, 4.69) is 54.3 Å². The van der Waals surface area contributed by atoms with E-state index in [1.807, 2.05) is 16.8 Å². The quantitative estimate of drug-likeness (QED) is 0.862. The SMILES string of the molecule is Cc1cccc(Cn2nccc2NC(=O)CN2CCC(N)C(C)(C)C2)c1. The van der Waals surface area contributed by atoms with E-state index < -0.39 is 0 Å². The molecule has 1 saturated heterocycles. The highest BCUT2D eigenvalue weighted by Crippen LogP contribution is 2.27. The topological polar surface area (TPSA) is 76.2 Å². The molecule has 0 spiro atoms. The molecule has 1 aromatic carbocycles. The summed E-state index contributed by atoms with van der Waals surface area (Å²) >= 11 is 0. The van der Waals surface area contributed by atoms with Gasteiger partial charge in [-0.15, -0.1) is 0 Å². The first-order valence-electron chi connectivity index (χ1n) is 9.19. The highest BCUT2D eigenvalue weighted by atomic mass is 16.2. The van der Waals surface area contributed by atoms with E-state index in [1.54, 1.807) is 6.20 Å². The molecule has 26 heavy (non-hydrogen) atoms. The van der Waals surface area contributed by atoms with Crippen molar-refractivity contribution in [2.45, 2.75) is 39.8 Å². The van der Waals surface area contributed by atoms with E-state index in [-0.39, 0.29) is 17.4 Å². The molecule has 1 aliphatic heterocycles. The zero-order valence-electron chi connectivity index (χ0n) is 15.9. The van der Waals surface area contributed by atoms with Crippen molar-refractivity contribution in [1.82, 2.24) is 14.7 Å². The Morgan fingerprint density at radius 2 is 2.19 bits per heavy atom. The molecule has 0 radical (unpaired) electrons. The van der Waals surface area contributed by atoms with Crippen molar-refractivity contribution >= 4 is 11.7 Å². The molecule has 1 aliphatic rings. The molecule has 0 bridgehead atoms. The van der Waals surface area contributed by atoms with Crippen LogP contribution < -0.4 is 11.1 Å². The number of likely N-dealkylation sites (tertiary alicyclic amines) is 1. The number of aromatic nitrogens is 2. The second-order valence-corrected chi connectivity index (χ2v) is 8.01. The smallest absolute Gasteiger partial charge is 0.239 e. The minimum atomic E-state index is -0.0118. The number of hydrogen-bond acceptors (Lipinski definition) is 4. The number of carbonyl (C=O) groups excluding carboxylic acids is 1. The van der Waals surface area contributed by atoms with Crippen LogP contribution in [0.3, 0.4) is 0 Å². The van der Waals surface area contributed by atoms with E-state index in [4.69, 9.17) is 5.73 Å². The standard InChI is InChI=1S/C20H29N5O/c1-15-5-4-6-16(11-15)12-25-18(7-9-22-25)23-19(26)13-24-10-8-17(21)20(2,3)14-24/h4-7,9,11,17H,8,10,12-14,21H2,1-3H3,(H,23,26). The number of benzene rings is 1. The molecule has 1 fully saturated rings. The molecule has 3 rings (SSSR count). The largest absolute Gasteiger partial charge is 0.327 e. The summed E-state index contributed by atoms with van der Waals surface area (Å²) in [5.74, 6) is 0.715. The lowest BCUT2D eigenvalue weighted by Crippen LogP contribution is -2.53. The highest BCUT2D eigenvalue weighted by Gasteiger charge is 2.33. The van der Waals surface area contributed by atoms with Gasteiger partial charge in [-0.1, -0.05) is 43.7 Å². The average Bonchev–Trinajstić information content (AvgIpc) is 2.97. The minimum absolute atomic E-state index is 0.0118. The second kappa shape index (κ2) is 7.60. The zero-order chi connectivity index (χ0) is 18.7. The normalized spacial score (nSPS) is 20.1. The fraction of sp³-hybridized carbons (Fsp3) is 0.500. The van der Waals surface area contributed by atoms with Gasteiger partial charge in [-0.25, -0.2) is 4.68 Å². The number of anilines is 1. The van der Waals surface area contributed by atoms with Gasteiger partial charge < -0.3 is 11.1 Å². The summed E-state index contributed by atoms with van der Waals surface area (Å²) < 4.78 is 1.82. The number of nitrogens with two attached hydrogens (primary N) is 1. The number of carbonyl (C=O) groups is 1. The third-order valence-electron chi connectivity index (χ3n) is 5.16. The van der Waals surface area contributed by atoms with Crippen LogP contribution in [-0.2, 0) is 11.3 Å². The summed E-state index contributed by atoms with van der Waals surface area (Å²) in [6.45, 7) is 9.12. The Morgan fingerprint density at radius 3 is 2.92 bits per heavy atom. The van der Waals surface area contributed by atoms with Crippen molar-refractivity contribution in [3.05, 3.63) is 47.7 Å². The molecule has 2 heterocycles. The van der Waals surface area contributed by atoms with Crippen molar-refractivity contribution in [2.24, 2.45) is 11.1 Å². The van der Waals surface area contributed by atoms with Gasteiger partial charge in [-0.05, 0) is 24.3 Å². The van der Waals surface area contributed by atoms with Crippen LogP contribution in [0.25, 0.3) is 0 Å². The summed E-state index contributed by atoms with van der Waals surface area (Å²) in [5.41, 5.74) is 8.59. The summed E-state index contributed by atoms with van der Waals surface area (Å²) in [5, 5.41) is 7.35. The predicted molar refractivity (Wildman–Crippen MR) is 104 cm³/mol. The number of nitrogens with one attached hydrogen (secondary N) is 1. The van der Waals surface area contributed by atoms with Crippen LogP contribution in [-0.4, -0.2) is 46.3 Å². The Hall–Kier alpha value is -2.18. The molecule has 1 unspecified atom stereocenters. The maximum Gasteiger partial charge on any atom is 0.239 e. The number of amides is 1. The van der Waals surface area contributed by atoms with Gasteiger partial charge >= 0.3 is 0 Å². The molecule has 3 N–H and O–H groups in total. The van der Waals surface area contributed by atoms with Crippen LogP contribution in [0.2, 0.25) is 0 Å². The van der Waals surface area contributed by atoms with Crippen LogP contribution in [0.15, 0.2) is 36.5 Å². The number of piperidine rings is 1. The van der Waals surface area contributed by atoms with Gasteiger partial charge in [0.15, 0.2) is 0 Å². The minimum Gasteiger partial charge on any atom is -0.327 e. The van der Waals surface area contributed by atoms with Crippen molar-refractivity contribution in [1.29, 1.82) is 0 Å². The van der Waals surface area contributed by atoms with Gasteiger partial charge in [0.2, 0.25) is 5.91 Å². The molecule has 6 heteroatoms. The van der Waals surface area contributed by atoms with Crippen molar-refractivity contribution in [2.75, 3.05) is 25.0 Å². The molecule has 1 atom stereocenters. The summed E-state index contributed by atoms with van der Waals surface area (Å²) in [7, 11) is 0. The van der Waals surface area contributed by atoms with Gasteiger partial charge in [0, 0.05) is 25.2 Å². The average molecular weight is 355 g/mol. The molecule has 0 aliphatic carbocycles. The monoisotopic (exact) mass is 355 g/mol. The van der Waals surface area contributed by atoms with Crippen LogP contribution in [0.1, 0.15) is 31.4 Å². The molecule has 2 aromatic rings. The van der Waals surface area contributed by atoms with Crippen LogP contribution in [0.5, 0.6) is 0 Å². The molecular weight excluding hydrogens is 326 g/mol. The Bertz CT molecular complexity index is 767. The lowest BCUT2D eigenvalue weighted by Gasteiger charge is -2.42. The highest BCUT2D eigenvalue weighted by molar-refractivity contribution is 5.91. The van der Waals surface area contributed by atoms with Gasteiger partial charge in [0.05, 0.1) is 19.3 Å². The Balaban J connectivity index is 1.59. The predicted octanol–water partition coefficient (Wildman–Crippen LogP) is 2.24. The molecule has 140 valence electrons. The first kappa shape index (κ1) is 18.6. The number of nitrogens with zero attached hydrogens (tertiary/aromatic N) is 3. The van der Waals surface area contributed by atoms with Gasteiger partial charge in [-0.2, -0.15) is 5.10 Å². The number of rotatable bonds is 5. The van der Waals surface area contributed by atoms with Crippen molar-refractivity contribution < 1.29 is 4.79 Å². The van der Waals surface area contributed by atoms with Gasteiger partial charge in [-0.3, -0.25) is 9.69 Å². The van der Waals surface area contributed by atoms with Crippen LogP contribution in [0, 0.1) is 12.3 Å². The fourth-order valence-electron chi connectivity index (χ4n) is 3.55. The summed E-state index contributed by atoms with van der Waals surface area (Å²) in [6, 6.07) is 10.3. The van der Waals surface area contributed by atoms with Gasteiger partial charge in [0.25, 0.3) is 0 Å². The summed E-state index contributed by atoms with van der Waals surface area (Å²) in [6.07, 6.45) is 2.64. The van der Waals surface area contributed by atoms with E-state index in [0.29, 0.717) is 13.1 Å². The third kappa shape index (κ3) is 4.51. The van der Waals surface area contributed by atoms with Crippen LogP contribution >= 0.6 is 0 Å². The first-order chi connectivity index (χ1) is 12.3. The second-order valence-electron chi connectivity index (χ2n) is 8.01. The summed E-state index contributed by atoms with van der Waals surface area (Å²) in [4.78, 5) is 14.7. The molecule has 0 saturated carbocycles. The molecule has 1 amide bonds. The maximum atomic E-state index is 12.5. The maximum absolute atomic E-state index is 12.5. The Morgan fingerprint density at radius 1 is 1.38 bits per heavy atom. The first-order valence-corrected chi connectivity index (χ1v) is 9.19. The Kier molecular flexibility index (Phi) is 5.44. The molecule has 1 aromatic heterocycles. The zero-order valence-corrected chi connectivity index (χ0v) is 15.9. The van der Waals surface area contributed by atoms with E-state index in [9.17, 15) is 4.79 Å². The van der Waals surface area contributed by atoms with Crippen LogP contribution in [0.4, 0.5) is 5.82 Å². The lowest BCUT2D eigenvalue weighted by atomic mass is 9.80. The molecular formula is C20H29N5O. The van der Waals surface area contributed by atoms with Crippen molar-refractivity contribution in [3.63, 3.8) is 0 Å². The Labute approximate surface area is 155 Å². The number of aryl methyl sites for hydroxylation is 1. The molecule has 6 nitrogen and oxygen atoms in total. The van der Waals surface area contributed by atoms with Crippen molar-refractivity contribution in [3.8, 4) is 0 Å². The third-order valence-corrected chi connectivity index (χ3v) is 5.16. The van der Waals surface area contributed by atoms with Gasteiger partial charge in [0.1, 0.15) is 5.82 Å². The number of hydrogen-bond donors (Lipinski definition) is 2. The van der Waals surface area contributed by atoms with E-state index in [0.717, 1.165) is 30.9 Å². The fourth-order valence-corrected chi connectivity index (χ4v) is 3.55. The van der Waals surface area contributed by atoms with E-state index in [1.165, 1.54) is 5.56 Å².